The molecule has 0 heterocycles. The third-order valence-electron chi connectivity index (χ3n) is 2.32. The fraction of sp³-hybridized carbons (Fsp3) is 0.900. The van der Waals surface area contributed by atoms with Crippen molar-refractivity contribution in [1.82, 2.24) is 5.32 Å². The largest absolute Gasteiger partial charge is 0.479 e. The van der Waals surface area contributed by atoms with Gasteiger partial charge in [-0.3, -0.25) is 0 Å². The number of nitrogens with one attached hydrogen (secondary N) is 1. The molecule has 0 aromatic carbocycles. The molecule has 15 heavy (non-hydrogen) atoms. The Balaban J connectivity index is 4.15. The molecule has 0 rings (SSSR count). The zero-order chi connectivity index (χ0) is 12.1. The molecule has 0 radical (unpaired) electrons. The number of carbonyl (C=O) groups is 1. The summed E-state index contributed by atoms with van der Waals surface area (Å²) in [5.74, 6) is -0.913. The van der Waals surface area contributed by atoms with Crippen LogP contribution in [0.2, 0.25) is 0 Å². The summed E-state index contributed by atoms with van der Waals surface area (Å²) in [5.41, 5.74) is -1.74. The molecule has 0 aromatic rings. The highest BCUT2D eigenvalue weighted by molar-refractivity contribution is 5.76. The van der Waals surface area contributed by atoms with E-state index in [1.807, 2.05) is 13.8 Å². The van der Waals surface area contributed by atoms with E-state index < -0.39 is 11.6 Å². The monoisotopic (exact) mass is 219 g/mol. The summed E-state index contributed by atoms with van der Waals surface area (Å²) < 4.78 is 5.00. The Kier molecular flexibility index (Phi) is 5.79. The van der Waals surface area contributed by atoms with Crippen molar-refractivity contribution in [2.45, 2.75) is 32.4 Å². The minimum atomic E-state index is -1.74. The Morgan fingerprint density at radius 3 is 2.40 bits per heavy atom. The van der Waals surface area contributed by atoms with Gasteiger partial charge < -0.3 is 20.3 Å². The zero-order valence-electron chi connectivity index (χ0n) is 9.78. The first-order chi connectivity index (χ1) is 6.81. The van der Waals surface area contributed by atoms with Gasteiger partial charge in [-0.05, 0) is 12.8 Å². The van der Waals surface area contributed by atoms with Crippen molar-refractivity contribution < 1.29 is 19.7 Å². The van der Waals surface area contributed by atoms with E-state index >= 15 is 0 Å². The summed E-state index contributed by atoms with van der Waals surface area (Å²) in [6.07, 6.45) is 0. The molecule has 0 aromatic heterocycles. The molecule has 0 amide bonds. The number of aliphatic hydroxyl groups is 1. The second kappa shape index (κ2) is 6.05. The highest BCUT2D eigenvalue weighted by atomic mass is 16.5. The van der Waals surface area contributed by atoms with Crippen LogP contribution < -0.4 is 5.32 Å². The molecule has 5 nitrogen and oxygen atoms in total. The molecule has 0 fully saturated rings. The Hall–Kier alpha value is -0.650. The standard InChI is InChI=1S/C10H21NO4/c1-7(2)8(5-15-4)11-6-10(3,14)9(12)13/h7-8,11,14H,5-6H2,1-4H3,(H,12,13). The lowest BCUT2D eigenvalue weighted by molar-refractivity contribution is -0.156. The minimum Gasteiger partial charge on any atom is -0.479 e. The van der Waals surface area contributed by atoms with Gasteiger partial charge in [0.1, 0.15) is 0 Å². The zero-order valence-corrected chi connectivity index (χ0v) is 9.78. The quantitative estimate of drug-likeness (QED) is 0.565. The maximum Gasteiger partial charge on any atom is 0.336 e. The average Bonchev–Trinajstić information content (AvgIpc) is 2.11. The molecule has 2 atom stereocenters. The number of aliphatic carboxylic acids is 1. The average molecular weight is 219 g/mol. The molecular weight excluding hydrogens is 198 g/mol. The molecule has 0 saturated heterocycles. The van der Waals surface area contributed by atoms with Crippen molar-refractivity contribution in [3.63, 3.8) is 0 Å². The molecule has 90 valence electrons. The van der Waals surface area contributed by atoms with Crippen molar-refractivity contribution in [3.8, 4) is 0 Å². The Bertz CT molecular complexity index is 204. The second-order valence-electron chi connectivity index (χ2n) is 4.27. The topological polar surface area (TPSA) is 78.8 Å². The molecule has 0 aliphatic heterocycles. The summed E-state index contributed by atoms with van der Waals surface area (Å²) in [6.45, 7) is 5.78. The molecule has 0 bridgehead atoms. The van der Waals surface area contributed by atoms with E-state index in [4.69, 9.17) is 9.84 Å². The molecular formula is C10H21NO4. The van der Waals surface area contributed by atoms with Crippen molar-refractivity contribution >= 4 is 5.97 Å². The van der Waals surface area contributed by atoms with E-state index in [0.717, 1.165) is 0 Å². The first-order valence-electron chi connectivity index (χ1n) is 4.99. The van der Waals surface area contributed by atoms with Crippen LogP contribution in [0.5, 0.6) is 0 Å². The lowest BCUT2D eigenvalue weighted by Gasteiger charge is -2.26. The summed E-state index contributed by atoms with van der Waals surface area (Å²) in [4.78, 5) is 10.6. The van der Waals surface area contributed by atoms with Crippen LogP contribution in [0.3, 0.4) is 0 Å². The Morgan fingerprint density at radius 1 is 1.53 bits per heavy atom. The van der Waals surface area contributed by atoms with Gasteiger partial charge in [0.2, 0.25) is 0 Å². The predicted octanol–water partition coefficient (Wildman–Crippen LogP) is 0.0826. The number of methoxy groups -OCH3 is 1. The van der Waals surface area contributed by atoms with E-state index in [9.17, 15) is 9.90 Å². The first-order valence-corrected chi connectivity index (χ1v) is 4.99. The SMILES string of the molecule is COCC(NCC(C)(O)C(=O)O)C(C)C. The van der Waals surface area contributed by atoms with Crippen molar-refractivity contribution in [2.24, 2.45) is 5.92 Å². The van der Waals surface area contributed by atoms with Crippen LogP contribution in [0.1, 0.15) is 20.8 Å². The van der Waals surface area contributed by atoms with Gasteiger partial charge in [-0.2, -0.15) is 0 Å². The van der Waals surface area contributed by atoms with Crippen molar-refractivity contribution in [1.29, 1.82) is 0 Å². The fourth-order valence-electron chi connectivity index (χ4n) is 1.07. The minimum absolute atomic E-state index is 0.00847. The third kappa shape index (κ3) is 5.11. The highest BCUT2D eigenvalue weighted by Gasteiger charge is 2.30. The van der Waals surface area contributed by atoms with Gasteiger partial charge in [-0.1, -0.05) is 13.8 Å². The van der Waals surface area contributed by atoms with E-state index in [1.165, 1.54) is 6.92 Å². The van der Waals surface area contributed by atoms with Crippen LogP contribution in [-0.2, 0) is 9.53 Å². The number of hydrogen-bond acceptors (Lipinski definition) is 4. The van der Waals surface area contributed by atoms with Crippen molar-refractivity contribution in [3.05, 3.63) is 0 Å². The second-order valence-corrected chi connectivity index (χ2v) is 4.27. The summed E-state index contributed by atoms with van der Waals surface area (Å²) in [6, 6.07) is 0.0424. The molecule has 0 spiro atoms. The molecule has 0 aliphatic carbocycles. The van der Waals surface area contributed by atoms with Gasteiger partial charge in [0.05, 0.1) is 6.61 Å². The van der Waals surface area contributed by atoms with E-state index in [0.29, 0.717) is 12.5 Å². The van der Waals surface area contributed by atoms with Crippen LogP contribution >= 0.6 is 0 Å². The lowest BCUT2D eigenvalue weighted by atomic mass is 10.0. The van der Waals surface area contributed by atoms with E-state index in [2.05, 4.69) is 5.32 Å². The fourth-order valence-corrected chi connectivity index (χ4v) is 1.07. The summed E-state index contributed by atoms with van der Waals surface area (Å²) in [7, 11) is 1.59. The molecule has 0 saturated carbocycles. The number of hydrogen-bond donors (Lipinski definition) is 3. The number of rotatable bonds is 7. The van der Waals surface area contributed by atoms with Crippen LogP contribution in [-0.4, -0.2) is 48.1 Å². The smallest absolute Gasteiger partial charge is 0.336 e. The number of carboxylic acids is 1. The molecule has 0 aliphatic rings. The Labute approximate surface area is 90.4 Å². The van der Waals surface area contributed by atoms with Gasteiger partial charge >= 0.3 is 5.97 Å². The summed E-state index contributed by atoms with van der Waals surface area (Å²) >= 11 is 0. The summed E-state index contributed by atoms with van der Waals surface area (Å²) in [5, 5.41) is 21.2. The van der Waals surface area contributed by atoms with Crippen LogP contribution in [0.4, 0.5) is 0 Å². The Morgan fingerprint density at radius 2 is 2.07 bits per heavy atom. The van der Waals surface area contributed by atoms with Crippen LogP contribution in [0, 0.1) is 5.92 Å². The van der Waals surface area contributed by atoms with Crippen LogP contribution in [0.15, 0.2) is 0 Å². The number of carboxylic acid groups (broad SMARTS) is 1. The van der Waals surface area contributed by atoms with E-state index in [-0.39, 0.29) is 12.6 Å². The normalized spacial score (nSPS) is 17.5. The molecule has 2 unspecified atom stereocenters. The first kappa shape index (κ1) is 14.3. The molecule has 5 heteroatoms. The number of ether oxygens (including phenoxy) is 1. The van der Waals surface area contributed by atoms with Crippen LogP contribution in [0.25, 0.3) is 0 Å². The van der Waals surface area contributed by atoms with Gasteiger partial charge in [0, 0.05) is 19.7 Å². The lowest BCUT2D eigenvalue weighted by Crippen LogP contribution is -2.50. The van der Waals surface area contributed by atoms with E-state index in [1.54, 1.807) is 7.11 Å². The van der Waals surface area contributed by atoms with Gasteiger partial charge in [0.15, 0.2) is 5.60 Å². The van der Waals surface area contributed by atoms with Gasteiger partial charge in [-0.25, -0.2) is 4.79 Å². The van der Waals surface area contributed by atoms with Gasteiger partial charge in [-0.15, -0.1) is 0 Å². The maximum absolute atomic E-state index is 10.6. The predicted molar refractivity (Wildman–Crippen MR) is 56.8 cm³/mol. The highest BCUT2D eigenvalue weighted by Crippen LogP contribution is 2.06. The third-order valence-corrected chi connectivity index (χ3v) is 2.32. The van der Waals surface area contributed by atoms with Gasteiger partial charge in [0.25, 0.3) is 0 Å². The maximum atomic E-state index is 10.6. The van der Waals surface area contributed by atoms with Crippen molar-refractivity contribution in [2.75, 3.05) is 20.3 Å². The molecule has 3 N–H and O–H groups in total.